The summed E-state index contributed by atoms with van der Waals surface area (Å²) in [4.78, 5) is 37.4. The van der Waals surface area contributed by atoms with E-state index in [9.17, 15) is 14.4 Å². The SMILES string of the molecule is COc1ccc(C(=O)CCCC(=O)N2CCC3(CC2)CC3C(=O)O)cc1. The van der Waals surface area contributed by atoms with Crippen molar-refractivity contribution in [3.63, 3.8) is 0 Å². The number of aliphatic carboxylic acids is 1. The highest BCUT2D eigenvalue weighted by Gasteiger charge is 2.59. The van der Waals surface area contributed by atoms with Crippen molar-refractivity contribution in [2.45, 2.75) is 38.5 Å². The van der Waals surface area contributed by atoms with E-state index < -0.39 is 5.97 Å². The van der Waals surface area contributed by atoms with Gasteiger partial charge in [0, 0.05) is 31.5 Å². The number of piperidine rings is 1. The van der Waals surface area contributed by atoms with E-state index in [1.54, 1.807) is 31.4 Å². The molecule has 2 fully saturated rings. The molecule has 1 aromatic carbocycles. The number of benzene rings is 1. The van der Waals surface area contributed by atoms with Crippen molar-refractivity contribution < 1.29 is 24.2 Å². The number of carboxylic acid groups (broad SMARTS) is 1. The third-order valence-electron chi connectivity index (χ3n) is 5.81. The van der Waals surface area contributed by atoms with Gasteiger partial charge in [0.05, 0.1) is 13.0 Å². The van der Waals surface area contributed by atoms with Crippen LogP contribution in [0.5, 0.6) is 5.75 Å². The number of carbonyl (C=O) groups excluding carboxylic acids is 2. The Labute approximate surface area is 153 Å². The third-order valence-corrected chi connectivity index (χ3v) is 5.81. The second-order valence-electron chi connectivity index (χ2n) is 7.34. The first-order chi connectivity index (χ1) is 12.4. The highest BCUT2D eigenvalue weighted by molar-refractivity contribution is 5.96. The van der Waals surface area contributed by atoms with Crippen LogP contribution in [0.15, 0.2) is 24.3 Å². The van der Waals surface area contributed by atoms with Crippen LogP contribution in [0.1, 0.15) is 48.9 Å². The Morgan fingerprint density at radius 2 is 1.81 bits per heavy atom. The molecule has 1 amide bonds. The van der Waals surface area contributed by atoms with Crippen molar-refractivity contribution in [3.05, 3.63) is 29.8 Å². The molecule has 0 bridgehead atoms. The molecule has 1 aliphatic carbocycles. The maximum Gasteiger partial charge on any atom is 0.307 e. The normalized spacial score (nSPS) is 20.7. The van der Waals surface area contributed by atoms with Gasteiger partial charge in [-0.2, -0.15) is 0 Å². The maximum atomic E-state index is 12.3. The Bertz CT molecular complexity index is 689. The number of carboxylic acids is 1. The summed E-state index contributed by atoms with van der Waals surface area (Å²) >= 11 is 0. The molecule has 26 heavy (non-hydrogen) atoms. The van der Waals surface area contributed by atoms with Crippen LogP contribution in [0, 0.1) is 11.3 Å². The molecule has 1 N–H and O–H groups in total. The molecular weight excluding hydrogens is 334 g/mol. The lowest BCUT2D eigenvalue weighted by molar-refractivity contribution is -0.139. The number of hydrogen-bond acceptors (Lipinski definition) is 4. The highest BCUT2D eigenvalue weighted by Crippen LogP contribution is 2.59. The summed E-state index contributed by atoms with van der Waals surface area (Å²) in [5.74, 6) is -0.126. The van der Waals surface area contributed by atoms with Crippen molar-refractivity contribution in [1.29, 1.82) is 0 Å². The van der Waals surface area contributed by atoms with Crippen LogP contribution in [-0.4, -0.2) is 47.9 Å². The number of carbonyl (C=O) groups is 3. The molecule has 0 aromatic heterocycles. The average Bonchev–Trinajstić information content (AvgIpc) is 3.36. The fourth-order valence-electron chi connectivity index (χ4n) is 3.93. The molecule has 1 saturated heterocycles. The van der Waals surface area contributed by atoms with Crippen LogP contribution in [-0.2, 0) is 9.59 Å². The molecule has 1 unspecified atom stereocenters. The minimum atomic E-state index is -0.707. The minimum Gasteiger partial charge on any atom is -0.497 e. The lowest BCUT2D eigenvalue weighted by atomic mass is 9.90. The van der Waals surface area contributed by atoms with Gasteiger partial charge in [-0.3, -0.25) is 14.4 Å². The van der Waals surface area contributed by atoms with Gasteiger partial charge in [0.25, 0.3) is 0 Å². The molecule has 1 aliphatic heterocycles. The smallest absolute Gasteiger partial charge is 0.307 e. The van der Waals surface area contributed by atoms with Crippen LogP contribution < -0.4 is 4.74 Å². The number of ether oxygens (including phenoxy) is 1. The predicted molar refractivity (Wildman–Crippen MR) is 95.2 cm³/mol. The molecule has 1 atom stereocenters. The zero-order chi connectivity index (χ0) is 18.7. The maximum absolute atomic E-state index is 12.3. The number of hydrogen-bond donors (Lipinski definition) is 1. The quantitative estimate of drug-likeness (QED) is 0.757. The molecular formula is C20H25NO5. The van der Waals surface area contributed by atoms with E-state index in [4.69, 9.17) is 9.84 Å². The van der Waals surface area contributed by atoms with Crippen molar-refractivity contribution in [2.75, 3.05) is 20.2 Å². The largest absolute Gasteiger partial charge is 0.497 e. The first-order valence-corrected chi connectivity index (χ1v) is 9.13. The topological polar surface area (TPSA) is 83.9 Å². The number of nitrogens with zero attached hydrogens (tertiary/aromatic N) is 1. The van der Waals surface area contributed by atoms with Gasteiger partial charge in [-0.05, 0) is 55.4 Å². The van der Waals surface area contributed by atoms with Gasteiger partial charge in [-0.15, -0.1) is 0 Å². The molecule has 0 radical (unpaired) electrons. The average molecular weight is 359 g/mol. The summed E-state index contributed by atoms with van der Waals surface area (Å²) in [5, 5.41) is 9.12. The molecule has 3 rings (SSSR count). The van der Waals surface area contributed by atoms with Crippen molar-refractivity contribution in [1.82, 2.24) is 4.90 Å². The standard InChI is InChI=1S/C20H25NO5/c1-26-15-7-5-14(6-8-15)17(22)3-2-4-18(23)21-11-9-20(10-12-21)13-16(20)19(24)25/h5-8,16H,2-4,9-13H2,1H3,(H,24,25). The highest BCUT2D eigenvalue weighted by atomic mass is 16.5. The Kier molecular flexibility index (Phi) is 5.30. The number of rotatable bonds is 7. The lowest BCUT2D eigenvalue weighted by Gasteiger charge is -2.32. The van der Waals surface area contributed by atoms with Crippen LogP contribution >= 0.6 is 0 Å². The van der Waals surface area contributed by atoms with Crippen molar-refractivity contribution >= 4 is 17.7 Å². The Balaban J connectivity index is 1.39. The first-order valence-electron chi connectivity index (χ1n) is 9.13. The first kappa shape index (κ1) is 18.4. The van der Waals surface area contributed by atoms with Gasteiger partial charge >= 0.3 is 5.97 Å². The summed E-state index contributed by atoms with van der Waals surface area (Å²) in [7, 11) is 1.58. The molecule has 1 saturated carbocycles. The molecule has 2 aliphatic rings. The van der Waals surface area contributed by atoms with Gasteiger partial charge in [0.15, 0.2) is 5.78 Å². The van der Waals surface area contributed by atoms with Gasteiger partial charge in [-0.1, -0.05) is 0 Å². The second-order valence-corrected chi connectivity index (χ2v) is 7.34. The Hall–Kier alpha value is -2.37. The predicted octanol–water partition coefficient (Wildman–Crippen LogP) is 2.76. The zero-order valence-electron chi connectivity index (χ0n) is 15.1. The Morgan fingerprint density at radius 1 is 1.15 bits per heavy atom. The molecule has 1 aromatic rings. The number of ketones is 1. The summed E-state index contributed by atoms with van der Waals surface area (Å²) in [5.41, 5.74) is 0.569. The molecule has 1 spiro atoms. The molecule has 6 heteroatoms. The summed E-state index contributed by atoms with van der Waals surface area (Å²) in [6, 6.07) is 6.98. The third kappa shape index (κ3) is 3.89. The number of amides is 1. The molecule has 6 nitrogen and oxygen atoms in total. The van der Waals surface area contributed by atoms with E-state index >= 15 is 0 Å². The van der Waals surface area contributed by atoms with Gasteiger partial charge in [0.1, 0.15) is 5.75 Å². The lowest BCUT2D eigenvalue weighted by Crippen LogP contribution is -2.39. The van der Waals surface area contributed by atoms with Crippen LogP contribution in [0.3, 0.4) is 0 Å². The zero-order valence-corrected chi connectivity index (χ0v) is 15.1. The van der Waals surface area contributed by atoms with Gasteiger partial charge in [-0.25, -0.2) is 0 Å². The number of Topliss-reactive ketones (excluding diaryl/α,β-unsaturated/α-hetero) is 1. The van der Waals surface area contributed by atoms with E-state index in [1.165, 1.54) is 0 Å². The van der Waals surface area contributed by atoms with Gasteiger partial charge < -0.3 is 14.7 Å². The van der Waals surface area contributed by atoms with E-state index in [0.29, 0.717) is 43.7 Å². The molecule has 1 heterocycles. The van der Waals surface area contributed by atoms with E-state index in [-0.39, 0.29) is 23.0 Å². The second kappa shape index (κ2) is 7.48. The van der Waals surface area contributed by atoms with E-state index in [0.717, 1.165) is 19.3 Å². The van der Waals surface area contributed by atoms with E-state index in [2.05, 4.69) is 0 Å². The summed E-state index contributed by atoms with van der Waals surface area (Å²) in [6.45, 7) is 1.27. The number of likely N-dealkylation sites (tertiary alicyclic amines) is 1. The minimum absolute atomic E-state index is 0.0281. The van der Waals surface area contributed by atoms with Crippen LogP contribution in [0.2, 0.25) is 0 Å². The summed E-state index contributed by atoms with van der Waals surface area (Å²) < 4.78 is 5.07. The fourth-order valence-corrected chi connectivity index (χ4v) is 3.93. The van der Waals surface area contributed by atoms with Crippen molar-refractivity contribution in [3.8, 4) is 5.75 Å². The van der Waals surface area contributed by atoms with Crippen molar-refractivity contribution in [2.24, 2.45) is 11.3 Å². The Morgan fingerprint density at radius 3 is 2.35 bits per heavy atom. The van der Waals surface area contributed by atoms with Crippen LogP contribution in [0.25, 0.3) is 0 Å². The summed E-state index contributed by atoms with van der Waals surface area (Å²) in [6.07, 6.45) is 3.54. The monoisotopic (exact) mass is 359 g/mol. The van der Waals surface area contributed by atoms with Crippen LogP contribution in [0.4, 0.5) is 0 Å². The molecule has 140 valence electrons. The number of methoxy groups -OCH3 is 1. The fraction of sp³-hybridized carbons (Fsp3) is 0.550. The van der Waals surface area contributed by atoms with E-state index in [1.807, 2.05) is 4.90 Å². The van der Waals surface area contributed by atoms with Gasteiger partial charge in [0.2, 0.25) is 5.91 Å².